The summed E-state index contributed by atoms with van der Waals surface area (Å²) in [5, 5.41) is 0. The summed E-state index contributed by atoms with van der Waals surface area (Å²) in [6, 6.07) is 6.16. The SMILES string of the molecule is CCC(C)N(CCOC)c1cc(Br)ccc1C(C)=O. The lowest BCUT2D eigenvalue weighted by molar-refractivity contribution is 0.101. The quantitative estimate of drug-likeness (QED) is 0.711. The van der Waals surface area contributed by atoms with Gasteiger partial charge < -0.3 is 9.64 Å². The maximum absolute atomic E-state index is 11.8. The Morgan fingerprint density at radius 3 is 2.68 bits per heavy atom. The smallest absolute Gasteiger partial charge is 0.161 e. The van der Waals surface area contributed by atoms with Crippen molar-refractivity contribution in [2.75, 3.05) is 25.2 Å². The van der Waals surface area contributed by atoms with Crippen molar-refractivity contribution < 1.29 is 9.53 Å². The predicted molar refractivity (Wildman–Crippen MR) is 83.1 cm³/mol. The van der Waals surface area contributed by atoms with E-state index in [1.807, 2.05) is 18.2 Å². The molecule has 0 fully saturated rings. The molecule has 0 aliphatic carbocycles. The number of hydrogen-bond acceptors (Lipinski definition) is 3. The molecule has 0 amide bonds. The maximum Gasteiger partial charge on any atom is 0.161 e. The van der Waals surface area contributed by atoms with Crippen molar-refractivity contribution in [1.29, 1.82) is 0 Å². The number of halogens is 1. The van der Waals surface area contributed by atoms with Crippen LogP contribution in [-0.4, -0.2) is 32.1 Å². The van der Waals surface area contributed by atoms with Crippen LogP contribution in [0.25, 0.3) is 0 Å². The summed E-state index contributed by atoms with van der Waals surface area (Å²) >= 11 is 3.48. The highest BCUT2D eigenvalue weighted by molar-refractivity contribution is 9.10. The highest BCUT2D eigenvalue weighted by Gasteiger charge is 2.18. The minimum atomic E-state index is 0.0909. The fourth-order valence-electron chi connectivity index (χ4n) is 2.03. The van der Waals surface area contributed by atoms with Crippen LogP contribution in [0.4, 0.5) is 5.69 Å². The molecule has 0 aliphatic rings. The molecule has 1 aromatic rings. The molecule has 0 saturated heterocycles. The molecular formula is C15H22BrNO2. The van der Waals surface area contributed by atoms with E-state index in [1.54, 1.807) is 14.0 Å². The van der Waals surface area contributed by atoms with Gasteiger partial charge in [-0.2, -0.15) is 0 Å². The average Bonchev–Trinajstić information content (AvgIpc) is 2.38. The van der Waals surface area contributed by atoms with Crippen molar-refractivity contribution >= 4 is 27.4 Å². The Morgan fingerprint density at radius 2 is 2.16 bits per heavy atom. The van der Waals surface area contributed by atoms with Gasteiger partial charge in [0.1, 0.15) is 0 Å². The summed E-state index contributed by atoms with van der Waals surface area (Å²) in [5.74, 6) is 0.0909. The van der Waals surface area contributed by atoms with Crippen molar-refractivity contribution in [2.24, 2.45) is 0 Å². The Bertz CT molecular complexity index is 434. The molecule has 0 heterocycles. The van der Waals surface area contributed by atoms with Gasteiger partial charge in [0.05, 0.1) is 6.61 Å². The Kier molecular flexibility index (Phi) is 6.52. The standard InChI is InChI=1S/C15H22BrNO2/c1-5-11(2)17(8-9-19-4)15-10-13(16)6-7-14(15)12(3)18/h6-7,10-11H,5,8-9H2,1-4H3. The molecule has 3 nitrogen and oxygen atoms in total. The van der Waals surface area contributed by atoms with Gasteiger partial charge in [-0.3, -0.25) is 4.79 Å². The van der Waals surface area contributed by atoms with Crippen LogP contribution in [0.15, 0.2) is 22.7 Å². The Balaban J connectivity index is 3.19. The van der Waals surface area contributed by atoms with Gasteiger partial charge in [0.2, 0.25) is 0 Å². The van der Waals surface area contributed by atoms with E-state index in [2.05, 4.69) is 34.7 Å². The number of ether oxygens (including phenoxy) is 1. The van der Waals surface area contributed by atoms with Crippen LogP contribution in [0.2, 0.25) is 0 Å². The van der Waals surface area contributed by atoms with Crippen molar-refractivity contribution in [2.45, 2.75) is 33.2 Å². The zero-order valence-corrected chi connectivity index (χ0v) is 13.7. The highest BCUT2D eigenvalue weighted by atomic mass is 79.9. The van der Waals surface area contributed by atoms with E-state index < -0.39 is 0 Å². The van der Waals surface area contributed by atoms with Gasteiger partial charge in [0.15, 0.2) is 5.78 Å². The van der Waals surface area contributed by atoms with E-state index in [-0.39, 0.29) is 5.78 Å². The van der Waals surface area contributed by atoms with Crippen molar-refractivity contribution in [3.8, 4) is 0 Å². The second-order valence-corrected chi connectivity index (χ2v) is 5.58. The molecule has 4 heteroatoms. The number of benzene rings is 1. The predicted octanol–water partition coefficient (Wildman–Crippen LogP) is 3.90. The third kappa shape index (κ3) is 4.32. The minimum Gasteiger partial charge on any atom is -0.383 e. The summed E-state index contributed by atoms with van der Waals surface area (Å²) in [6.07, 6.45) is 1.02. The first-order chi connectivity index (χ1) is 9.01. The molecule has 1 rings (SSSR count). The molecule has 0 aliphatic heterocycles. The lowest BCUT2D eigenvalue weighted by Crippen LogP contribution is -2.36. The van der Waals surface area contributed by atoms with Gasteiger partial charge in [-0.1, -0.05) is 22.9 Å². The average molecular weight is 328 g/mol. The number of ketones is 1. The van der Waals surface area contributed by atoms with Gasteiger partial charge in [0.25, 0.3) is 0 Å². The normalized spacial score (nSPS) is 12.3. The van der Waals surface area contributed by atoms with Crippen molar-refractivity contribution in [3.05, 3.63) is 28.2 Å². The third-order valence-electron chi connectivity index (χ3n) is 3.31. The summed E-state index contributed by atoms with van der Waals surface area (Å²) in [6.45, 7) is 7.35. The zero-order valence-electron chi connectivity index (χ0n) is 12.1. The number of carbonyl (C=O) groups is 1. The van der Waals surface area contributed by atoms with Gasteiger partial charge in [0, 0.05) is 35.4 Å². The second kappa shape index (κ2) is 7.65. The van der Waals surface area contributed by atoms with Crippen LogP contribution in [0.5, 0.6) is 0 Å². The van der Waals surface area contributed by atoms with Crippen molar-refractivity contribution in [1.82, 2.24) is 0 Å². The van der Waals surface area contributed by atoms with Gasteiger partial charge in [-0.15, -0.1) is 0 Å². The number of anilines is 1. The highest BCUT2D eigenvalue weighted by Crippen LogP contribution is 2.27. The largest absolute Gasteiger partial charge is 0.383 e. The Labute approximate surface area is 124 Å². The summed E-state index contributed by atoms with van der Waals surface area (Å²) in [4.78, 5) is 14.0. The fourth-order valence-corrected chi connectivity index (χ4v) is 2.38. The van der Waals surface area contributed by atoms with E-state index >= 15 is 0 Å². The van der Waals surface area contributed by atoms with E-state index in [0.29, 0.717) is 12.6 Å². The number of carbonyl (C=O) groups excluding carboxylic acids is 1. The van der Waals surface area contributed by atoms with Gasteiger partial charge >= 0.3 is 0 Å². The van der Waals surface area contributed by atoms with E-state index in [9.17, 15) is 4.79 Å². The molecule has 19 heavy (non-hydrogen) atoms. The molecule has 0 bridgehead atoms. The van der Waals surface area contributed by atoms with Gasteiger partial charge in [-0.25, -0.2) is 0 Å². The first kappa shape index (κ1) is 16.2. The van der Waals surface area contributed by atoms with Crippen LogP contribution >= 0.6 is 15.9 Å². The zero-order chi connectivity index (χ0) is 14.4. The molecule has 0 spiro atoms. The third-order valence-corrected chi connectivity index (χ3v) is 3.80. The van der Waals surface area contributed by atoms with Crippen molar-refractivity contribution in [3.63, 3.8) is 0 Å². The number of nitrogens with zero attached hydrogens (tertiary/aromatic N) is 1. The Morgan fingerprint density at radius 1 is 1.47 bits per heavy atom. The van der Waals surface area contributed by atoms with Crippen LogP contribution in [-0.2, 0) is 4.74 Å². The first-order valence-corrected chi connectivity index (χ1v) is 7.36. The molecule has 1 aromatic carbocycles. The Hall–Kier alpha value is -0.870. The lowest BCUT2D eigenvalue weighted by atomic mass is 10.1. The molecule has 0 aromatic heterocycles. The van der Waals surface area contributed by atoms with E-state index in [1.165, 1.54) is 0 Å². The summed E-state index contributed by atoms with van der Waals surface area (Å²) in [5.41, 5.74) is 1.74. The summed E-state index contributed by atoms with van der Waals surface area (Å²) < 4.78 is 6.17. The molecular weight excluding hydrogens is 306 g/mol. The van der Waals surface area contributed by atoms with Gasteiger partial charge in [-0.05, 0) is 38.5 Å². The maximum atomic E-state index is 11.8. The molecule has 1 unspecified atom stereocenters. The van der Waals surface area contributed by atoms with Crippen LogP contribution in [0.1, 0.15) is 37.6 Å². The first-order valence-electron chi connectivity index (χ1n) is 6.57. The van der Waals surface area contributed by atoms with E-state index in [4.69, 9.17) is 4.74 Å². The number of rotatable bonds is 7. The molecule has 0 N–H and O–H groups in total. The molecule has 1 atom stereocenters. The number of hydrogen-bond donors (Lipinski definition) is 0. The van der Waals surface area contributed by atoms with Crippen LogP contribution in [0, 0.1) is 0 Å². The molecule has 106 valence electrons. The summed E-state index contributed by atoms with van der Waals surface area (Å²) in [7, 11) is 1.70. The second-order valence-electron chi connectivity index (χ2n) is 4.66. The number of Topliss-reactive ketones (excluding diaryl/α,β-unsaturated/α-hetero) is 1. The lowest BCUT2D eigenvalue weighted by Gasteiger charge is -2.32. The monoisotopic (exact) mass is 327 g/mol. The minimum absolute atomic E-state index is 0.0909. The van der Waals surface area contributed by atoms with Crippen LogP contribution < -0.4 is 4.90 Å². The molecule has 0 saturated carbocycles. The van der Waals surface area contributed by atoms with Crippen LogP contribution in [0.3, 0.4) is 0 Å². The topological polar surface area (TPSA) is 29.5 Å². The fraction of sp³-hybridized carbons (Fsp3) is 0.533. The molecule has 0 radical (unpaired) electrons. The van der Waals surface area contributed by atoms with E-state index in [0.717, 1.165) is 28.7 Å². The number of methoxy groups -OCH3 is 1.